The van der Waals surface area contributed by atoms with Gasteiger partial charge in [-0.3, -0.25) is 10.1 Å². The number of carbonyl (C=O) groups excluding carboxylic acids is 1. The minimum absolute atomic E-state index is 0.0743. The van der Waals surface area contributed by atoms with Crippen molar-refractivity contribution in [2.24, 2.45) is 5.92 Å². The van der Waals surface area contributed by atoms with Crippen molar-refractivity contribution in [1.29, 1.82) is 0 Å². The second-order valence-electron chi connectivity index (χ2n) is 5.63. The quantitative estimate of drug-likeness (QED) is 0.897. The van der Waals surface area contributed by atoms with E-state index in [1.54, 1.807) is 11.3 Å². The molecule has 0 saturated carbocycles. The fraction of sp³-hybridized carbons (Fsp3) is 0.667. The van der Waals surface area contributed by atoms with Gasteiger partial charge in [0.05, 0.1) is 6.54 Å². The summed E-state index contributed by atoms with van der Waals surface area (Å²) in [6.45, 7) is 9.21. The summed E-state index contributed by atoms with van der Waals surface area (Å²) in [6, 6.07) is 4.56. The zero-order chi connectivity index (χ0) is 14.0. The Morgan fingerprint density at radius 2 is 2.21 bits per heavy atom. The van der Waals surface area contributed by atoms with E-state index in [9.17, 15) is 4.79 Å². The highest BCUT2D eigenvalue weighted by molar-refractivity contribution is 7.12. The molecule has 0 aromatic carbocycles. The molecule has 106 valence electrons. The summed E-state index contributed by atoms with van der Waals surface area (Å²) in [6.07, 6.45) is 2.32. The van der Waals surface area contributed by atoms with Crippen LogP contribution in [0.5, 0.6) is 0 Å². The molecule has 1 fully saturated rings. The number of amides is 1. The Morgan fingerprint density at radius 3 is 2.79 bits per heavy atom. The lowest BCUT2D eigenvalue weighted by molar-refractivity contribution is -0.130. The highest BCUT2D eigenvalue weighted by Gasteiger charge is 2.35. The van der Waals surface area contributed by atoms with Gasteiger partial charge in [-0.15, -0.1) is 11.3 Å². The molecule has 3 unspecified atom stereocenters. The summed E-state index contributed by atoms with van der Waals surface area (Å²) >= 11 is 1.78. The molecule has 1 aromatic rings. The third-order valence-corrected chi connectivity index (χ3v) is 5.01. The van der Waals surface area contributed by atoms with Crippen molar-refractivity contribution in [2.75, 3.05) is 6.54 Å². The zero-order valence-corrected chi connectivity index (χ0v) is 13.1. The van der Waals surface area contributed by atoms with Crippen molar-refractivity contribution in [1.82, 2.24) is 10.2 Å². The molecule has 1 saturated heterocycles. The first kappa shape index (κ1) is 14.5. The van der Waals surface area contributed by atoms with E-state index in [2.05, 4.69) is 45.1 Å². The first-order valence-corrected chi connectivity index (χ1v) is 7.95. The van der Waals surface area contributed by atoms with E-state index < -0.39 is 0 Å². The van der Waals surface area contributed by atoms with Crippen molar-refractivity contribution in [3.8, 4) is 0 Å². The van der Waals surface area contributed by atoms with Gasteiger partial charge in [0.15, 0.2) is 0 Å². The van der Waals surface area contributed by atoms with Gasteiger partial charge >= 0.3 is 0 Å². The molecule has 3 atom stereocenters. The third kappa shape index (κ3) is 3.18. The maximum absolute atomic E-state index is 12.1. The highest BCUT2D eigenvalue weighted by atomic mass is 32.1. The fourth-order valence-electron chi connectivity index (χ4n) is 2.72. The van der Waals surface area contributed by atoms with Crippen LogP contribution >= 0.6 is 11.3 Å². The Morgan fingerprint density at radius 1 is 1.47 bits per heavy atom. The molecule has 3 nitrogen and oxygen atoms in total. The van der Waals surface area contributed by atoms with E-state index in [4.69, 9.17) is 0 Å². The molecule has 0 spiro atoms. The van der Waals surface area contributed by atoms with Crippen molar-refractivity contribution < 1.29 is 4.79 Å². The molecule has 1 aromatic heterocycles. The minimum Gasteiger partial charge on any atom is -0.318 e. The van der Waals surface area contributed by atoms with Gasteiger partial charge in [0, 0.05) is 15.8 Å². The summed E-state index contributed by atoms with van der Waals surface area (Å²) in [5, 5.41) is 3.35. The first-order chi connectivity index (χ1) is 9.02. The molecule has 0 bridgehead atoms. The zero-order valence-electron chi connectivity index (χ0n) is 12.3. The monoisotopic (exact) mass is 280 g/mol. The van der Waals surface area contributed by atoms with Gasteiger partial charge in [0.2, 0.25) is 5.91 Å². The average molecular weight is 280 g/mol. The Kier molecular flexibility index (Phi) is 4.63. The largest absolute Gasteiger partial charge is 0.318 e. The Labute approximate surface area is 120 Å². The predicted octanol–water partition coefficient (Wildman–Crippen LogP) is 3.31. The van der Waals surface area contributed by atoms with Crippen LogP contribution < -0.4 is 5.32 Å². The summed E-state index contributed by atoms with van der Waals surface area (Å²) in [5.74, 6) is 0.890. The lowest BCUT2D eigenvalue weighted by atomic mass is 9.99. The molecule has 2 heterocycles. The van der Waals surface area contributed by atoms with Crippen LogP contribution in [0.25, 0.3) is 0 Å². The Hall–Kier alpha value is -0.870. The van der Waals surface area contributed by atoms with Gasteiger partial charge in [-0.25, -0.2) is 0 Å². The maximum Gasteiger partial charge on any atom is 0.238 e. The van der Waals surface area contributed by atoms with E-state index in [1.165, 1.54) is 16.2 Å². The van der Waals surface area contributed by atoms with Crippen LogP contribution in [0.4, 0.5) is 0 Å². The Bertz CT molecular complexity index is 443. The molecule has 1 N–H and O–H groups in total. The Balaban J connectivity index is 2.13. The molecule has 0 radical (unpaired) electrons. The van der Waals surface area contributed by atoms with Crippen LogP contribution in [-0.4, -0.2) is 23.4 Å². The molecule has 1 amide bonds. The maximum atomic E-state index is 12.1. The van der Waals surface area contributed by atoms with Gasteiger partial charge in [-0.2, -0.15) is 0 Å². The molecular weight excluding hydrogens is 256 g/mol. The van der Waals surface area contributed by atoms with Gasteiger partial charge in [0.25, 0.3) is 0 Å². The van der Waals surface area contributed by atoms with Crippen molar-refractivity contribution in [3.05, 3.63) is 21.9 Å². The van der Waals surface area contributed by atoms with Crippen LogP contribution in [0.15, 0.2) is 12.1 Å². The van der Waals surface area contributed by atoms with Gasteiger partial charge in [-0.1, -0.05) is 20.3 Å². The number of aryl methyl sites for hydroxylation is 1. The number of nitrogens with zero attached hydrogens (tertiary/aromatic N) is 1. The number of carbonyl (C=O) groups is 1. The molecular formula is C15H24N2OS. The molecule has 2 rings (SSSR count). The molecule has 1 aliphatic rings. The van der Waals surface area contributed by atoms with Crippen molar-refractivity contribution in [3.63, 3.8) is 0 Å². The van der Waals surface area contributed by atoms with Gasteiger partial charge < -0.3 is 4.90 Å². The smallest absolute Gasteiger partial charge is 0.238 e. The SMILES string of the molecule is CCC(C)CC(C)N1C(=O)CNC1c1ccc(C)s1. The third-order valence-electron chi connectivity index (χ3n) is 3.96. The topological polar surface area (TPSA) is 32.3 Å². The van der Waals surface area contributed by atoms with Gasteiger partial charge in [0.1, 0.15) is 6.17 Å². The first-order valence-electron chi connectivity index (χ1n) is 7.13. The van der Waals surface area contributed by atoms with Crippen LogP contribution in [-0.2, 0) is 4.79 Å². The minimum atomic E-state index is 0.0743. The summed E-state index contributed by atoms with van der Waals surface area (Å²) < 4.78 is 0. The predicted molar refractivity (Wildman–Crippen MR) is 80.2 cm³/mol. The lowest BCUT2D eigenvalue weighted by Gasteiger charge is -2.31. The molecule has 19 heavy (non-hydrogen) atoms. The van der Waals surface area contributed by atoms with E-state index in [1.807, 2.05) is 4.90 Å². The summed E-state index contributed by atoms with van der Waals surface area (Å²) in [7, 11) is 0. The van der Waals surface area contributed by atoms with Gasteiger partial charge in [-0.05, 0) is 38.3 Å². The summed E-state index contributed by atoms with van der Waals surface area (Å²) in [5.41, 5.74) is 0. The normalized spacial score (nSPS) is 22.8. The van der Waals surface area contributed by atoms with E-state index >= 15 is 0 Å². The van der Waals surface area contributed by atoms with Crippen LogP contribution in [0, 0.1) is 12.8 Å². The number of hydrogen-bond donors (Lipinski definition) is 1. The van der Waals surface area contributed by atoms with Crippen LogP contribution in [0.3, 0.4) is 0 Å². The number of thiophene rings is 1. The number of nitrogens with one attached hydrogen (secondary N) is 1. The molecule has 1 aliphatic heterocycles. The second kappa shape index (κ2) is 6.06. The summed E-state index contributed by atoms with van der Waals surface area (Å²) in [4.78, 5) is 16.7. The van der Waals surface area contributed by atoms with E-state index in [-0.39, 0.29) is 12.1 Å². The van der Waals surface area contributed by atoms with E-state index in [0.29, 0.717) is 18.5 Å². The average Bonchev–Trinajstić information content (AvgIpc) is 2.95. The van der Waals surface area contributed by atoms with Crippen molar-refractivity contribution >= 4 is 17.2 Å². The number of rotatable bonds is 5. The van der Waals surface area contributed by atoms with E-state index in [0.717, 1.165) is 6.42 Å². The fourth-order valence-corrected chi connectivity index (χ4v) is 3.67. The molecule has 4 heteroatoms. The molecule has 0 aliphatic carbocycles. The lowest BCUT2D eigenvalue weighted by Crippen LogP contribution is -2.38. The standard InChI is InChI=1S/C15H24N2OS/c1-5-10(2)8-11(3)17-14(18)9-16-15(17)13-7-6-12(4)19-13/h6-7,10-11,15-16H,5,8-9H2,1-4H3. The van der Waals surface area contributed by atoms with Crippen LogP contribution in [0.2, 0.25) is 0 Å². The number of hydrogen-bond acceptors (Lipinski definition) is 3. The second-order valence-corrected chi connectivity index (χ2v) is 6.95. The highest BCUT2D eigenvalue weighted by Crippen LogP contribution is 2.31. The van der Waals surface area contributed by atoms with Crippen molar-refractivity contribution in [2.45, 2.75) is 52.7 Å². The van der Waals surface area contributed by atoms with Crippen LogP contribution in [0.1, 0.15) is 49.5 Å².